The monoisotopic (exact) mass is 466 g/mol. The van der Waals surface area contributed by atoms with Gasteiger partial charge in [-0.1, -0.05) is 36.2 Å². The van der Waals surface area contributed by atoms with E-state index in [0.717, 1.165) is 66.6 Å². The molecule has 0 unspecified atom stereocenters. The highest BCUT2D eigenvalue weighted by Crippen LogP contribution is 2.31. The van der Waals surface area contributed by atoms with Crippen LogP contribution in [0.25, 0.3) is 21.1 Å². The van der Waals surface area contributed by atoms with Crippen molar-refractivity contribution in [2.45, 2.75) is 32.1 Å². The smallest absolute Gasteiger partial charge is 0.273 e. The van der Waals surface area contributed by atoms with Crippen LogP contribution in [0.5, 0.6) is 0 Å². The molecule has 0 radical (unpaired) electrons. The number of rotatable bonds is 7. The minimum Gasteiger partial charge on any atom is -0.354 e. The molecule has 0 aliphatic carbocycles. The van der Waals surface area contributed by atoms with Gasteiger partial charge >= 0.3 is 0 Å². The van der Waals surface area contributed by atoms with Crippen LogP contribution in [-0.4, -0.2) is 47.0 Å². The molecular weight excluding hydrogens is 439 g/mol. The molecule has 0 N–H and O–H groups in total. The van der Waals surface area contributed by atoms with Crippen LogP contribution in [0.2, 0.25) is 0 Å². The summed E-state index contributed by atoms with van der Waals surface area (Å²) in [6.45, 7) is 2.60. The van der Waals surface area contributed by atoms with Gasteiger partial charge in [-0.2, -0.15) is 4.37 Å². The normalized spacial score (nSPS) is 14.9. The number of aromatic nitrogens is 2. The number of fused-ring (bicyclic) bond motifs is 2. The number of amides is 1. The quantitative estimate of drug-likeness (QED) is 0.325. The standard InChI is InChI=1S/C25H27FN4O2S/c1-29(25(31)23-20-7-2-3-8-22(20)33-28-23)13-5-4-6-17-11-14-30(15-12-17)24-19-10-9-18(26)16-21(19)32-27-24/h2-3,7-10,16-17H,4-6,11-15H2,1H3. The first-order chi connectivity index (χ1) is 16.1. The van der Waals surface area contributed by atoms with Crippen molar-refractivity contribution in [2.24, 2.45) is 5.92 Å². The Morgan fingerprint density at radius 3 is 2.85 bits per heavy atom. The Hall–Kier alpha value is -3.00. The zero-order valence-corrected chi connectivity index (χ0v) is 19.5. The summed E-state index contributed by atoms with van der Waals surface area (Å²) in [6, 6.07) is 12.5. The summed E-state index contributed by atoms with van der Waals surface area (Å²) in [5.74, 6) is 1.19. The molecule has 2 aromatic carbocycles. The summed E-state index contributed by atoms with van der Waals surface area (Å²) in [6.07, 6.45) is 5.47. The van der Waals surface area contributed by atoms with E-state index < -0.39 is 0 Å². The lowest BCUT2D eigenvalue weighted by Gasteiger charge is -2.32. The summed E-state index contributed by atoms with van der Waals surface area (Å²) >= 11 is 1.38. The molecular formula is C25H27FN4O2S. The van der Waals surface area contributed by atoms with E-state index in [1.54, 1.807) is 11.0 Å². The van der Waals surface area contributed by atoms with Crippen molar-refractivity contribution in [1.29, 1.82) is 0 Å². The molecule has 8 heteroatoms. The number of unbranched alkanes of at least 4 members (excludes halogenated alkanes) is 1. The van der Waals surface area contributed by atoms with Crippen molar-refractivity contribution in [2.75, 3.05) is 31.6 Å². The average Bonchev–Trinajstić information content (AvgIpc) is 3.45. The lowest BCUT2D eigenvalue weighted by atomic mass is 9.91. The molecule has 1 fully saturated rings. The highest BCUT2D eigenvalue weighted by Gasteiger charge is 2.23. The van der Waals surface area contributed by atoms with E-state index in [-0.39, 0.29) is 11.7 Å². The van der Waals surface area contributed by atoms with Crippen LogP contribution < -0.4 is 4.90 Å². The molecule has 33 heavy (non-hydrogen) atoms. The SMILES string of the molecule is CN(CCCCC1CCN(c2noc3cc(F)ccc23)CC1)C(=O)c1nsc2ccccc12. The summed E-state index contributed by atoms with van der Waals surface area (Å²) in [4.78, 5) is 16.8. The Morgan fingerprint density at radius 1 is 1.18 bits per heavy atom. The van der Waals surface area contributed by atoms with E-state index >= 15 is 0 Å². The largest absolute Gasteiger partial charge is 0.354 e. The molecule has 1 aliphatic rings. The fourth-order valence-corrected chi connectivity index (χ4v) is 5.43. The predicted octanol–water partition coefficient (Wildman–Crippen LogP) is 5.74. The minimum atomic E-state index is -0.309. The highest BCUT2D eigenvalue weighted by molar-refractivity contribution is 7.13. The van der Waals surface area contributed by atoms with Crippen LogP contribution in [0.4, 0.5) is 10.2 Å². The Bertz CT molecular complexity index is 1260. The van der Waals surface area contributed by atoms with Gasteiger partial charge in [0.2, 0.25) is 0 Å². The molecule has 4 aromatic rings. The first kappa shape index (κ1) is 21.8. The van der Waals surface area contributed by atoms with Crippen molar-refractivity contribution in [3.63, 3.8) is 0 Å². The Labute approximate surface area is 196 Å². The number of anilines is 1. The van der Waals surface area contributed by atoms with Gasteiger partial charge in [0.1, 0.15) is 11.5 Å². The predicted molar refractivity (Wildman–Crippen MR) is 129 cm³/mol. The van der Waals surface area contributed by atoms with E-state index in [9.17, 15) is 9.18 Å². The van der Waals surface area contributed by atoms with Crippen LogP contribution in [0.1, 0.15) is 42.6 Å². The Morgan fingerprint density at radius 2 is 2.00 bits per heavy atom. The van der Waals surface area contributed by atoms with Gasteiger partial charge < -0.3 is 14.3 Å². The molecule has 3 heterocycles. The lowest BCUT2D eigenvalue weighted by molar-refractivity contribution is 0.0789. The molecule has 5 rings (SSSR count). The first-order valence-electron chi connectivity index (χ1n) is 11.5. The topological polar surface area (TPSA) is 62.5 Å². The van der Waals surface area contributed by atoms with Gasteiger partial charge in [0.25, 0.3) is 5.91 Å². The number of carbonyl (C=O) groups is 1. The van der Waals surface area contributed by atoms with Crippen LogP contribution in [-0.2, 0) is 0 Å². The van der Waals surface area contributed by atoms with Crippen molar-refractivity contribution < 1.29 is 13.7 Å². The first-order valence-corrected chi connectivity index (χ1v) is 12.3. The van der Waals surface area contributed by atoms with Gasteiger partial charge in [0.05, 0.1) is 10.1 Å². The lowest BCUT2D eigenvalue weighted by Crippen LogP contribution is -2.34. The fourth-order valence-electron chi connectivity index (χ4n) is 4.66. The van der Waals surface area contributed by atoms with Crippen molar-refractivity contribution in [1.82, 2.24) is 14.4 Å². The maximum atomic E-state index is 13.4. The van der Waals surface area contributed by atoms with Crippen molar-refractivity contribution in [3.05, 3.63) is 54.0 Å². The number of benzene rings is 2. The average molecular weight is 467 g/mol. The molecule has 0 spiro atoms. The third kappa shape index (κ3) is 4.57. The zero-order valence-electron chi connectivity index (χ0n) is 18.7. The second-order valence-corrected chi connectivity index (χ2v) is 9.63. The van der Waals surface area contributed by atoms with Gasteiger partial charge in [-0.25, -0.2) is 4.39 Å². The summed E-state index contributed by atoms with van der Waals surface area (Å²) in [5.41, 5.74) is 1.06. The van der Waals surface area contributed by atoms with Gasteiger partial charge in [-0.15, -0.1) is 0 Å². The van der Waals surface area contributed by atoms with E-state index in [0.29, 0.717) is 17.2 Å². The van der Waals surface area contributed by atoms with Crippen LogP contribution >= 0.6 is 11.5 Å². The number of carbonyl (C=O) groups excluding carboxylic acids is 1. The van der Waals surface area contributed by atoms with E-state index in [1.165, 1.54) is 30.1 Å². The number of hydrogen-bond acceptors (Lipinski definition) is 6. The molecule has 1 aliphatic heterocycles. The van der Waals surface area contributed by atoms with E-state index in [4.69, 9.17) is 4.52 Å². The van der Waals surface area contributed by atoms with Gasteiger partial charge in [-0.3, -0.25) is 4.79 Å². The van der Waals surface area contributed by atoms with Crippen molar-refractivity contribution >= 4 is 44.3 Å². The maximum absolute atomic E-state index is 13.4. The van der Waals surface area contributed by atoms with Crippen molar-refractivity contribution in [3.8, 4) is 0 Å². The molecule has 0 saturated carbocycles. The van der Waals surface area contributed by atoms with Crippen LogP contribution in [0.3, 0.4) is 0 Å². The summed E-state index contributed by atoms with van der Waals surface area (Å²) < 4.78 is 24.1. The molecule has 1 saturated heterocycles. The van der Waals surface area contributed by atoms with Crippen LogP contribution in [0.15, 0.2) is 47.0 Å². The summed E-state index contributed by atoms with van der Waals surface area (Å²) in [7, 11) is 1.86. The van der Waals surface area contributed by atoms with E-state index in [2.05, 4.69) is 14.4 Å². The number of hydrogen-bond donors (Lipinski definition) is 0. The molecule has 0 bridgehead atoms. The maximum Gasteiger partial charge on any atom is 0.273 e. The van der Waals surface area contributed by atoms with E-state index in [1.807, 2.05) is 31.3 Å². The molecule has 6 nitrogen and oxygen atoms in total. The molecule has 2 aromatic heterocycles. The number of piperidine rings is 1. The van der Waals surface area contributed by atoms with Gasteiger partial charge in [0.15, 0.2) is 11.4 Å². The second kappa shape index (κ2) is 9.47. The highest BCUT2D eigenvalue weighted by atomic mass is 32.1. The Balaban J connectivity index is 1.07. The second-order valence-electron chi connectivity index (χ2n) is 8.83. The van der Waals surface area contributed by atoms with Gasteiger partial charge in [0, 0.05) is 38.1 Å². The third-order valence-corrected chi connectivity index (χ3v) is 7.44. The fraction of sp³-hybridized carbons (Fsp3) is 0.400. The number of halogens is 1. The Kier molecular flexibility index (Phi) is 6.26. The third-order valence-electron chi connectivity index (χ3n) is 6.61. The zero-order chi connectivity index (χ0) is 22.8. The molecule has 1 amide bonds. The minimum absolute atomic E-state index is 0.000443. The molecule has 0 atom stereocenters. The van der Waals surface area contributed by atoms with Gasteiger partial charge in [-0.05, 0) is 54.9 Å². The summed E-state index contributed by atoms with van der Waals surface area (Å²) in [5, 5.41) is 5.99. The number of nitrogens with zero attached hydrogens (tertiary/aromatic N) is 4. The molecule has 172 valence electrons. The van der Waals surface area contributed by atoms with Crippen LogP contribution in [0, 0.1) is 11.7 Å².